The van der Waals surface area contributed by atoms with Crippen LogP contribution in [0.25, 0.3) is 49.4 Å². The molecule has 0 radical (unpaired) electrons. The number of hydrogen-bond acceptors (Lipinski definition) is 1. The lowest BCUT2D eigenvalue weighted by Crippen LogP contribution is -2.22. The molecule has 0 N–H and O–H groups in total. The number of para-hydroxylation sites is 2. The summed E-state index contributed by atoms with van der Waals surface area (Å²) in [5.41, 5.74) is 13.3. The first-order chi connectivity index (χ1) is 24.7. The Balaban J connectivity index is 1.24. The molecule has 0 saturated heterocycles. The molecule has 0 aliphatic heterocycles. The molecule has 2 nitrogen and oxygen atoms in total. The highest BCUT2D eigenvalue weighted by Crippen LogP contribution is 2.53. The smallest absolute Gasteiger partial charge is 0.0542 e. The van der Waals surface area contributed by atoms with Crippen molar-refractivity contribution in [3.63, 3.8) is 0 Å². The van der Waals surface area contributed by atoms with E-state index in [1.54, 1.807) is 0 Å². The Hall–Kier alpha value is -6.38. The van der Waals surface area contributed by atoms with E-state index in [4.69, 9.17) is 0 Å². The van der Waals surface area contributed by atoms with Gasteiger partial charge >= 0.3 is 0 Å². The van der Waals surface area contributed by atoms with E-state index in [1.165, 1.54) is 60.4 Å². The van der Waals surface area contributed by atoms with Crippen LogP contribution in [0.15, 0.2) is 188 Å². The van der Waals surface area contributed by atoms with Gasteiger partial charge in [-0.05, 0) is 112 Å². The fraction of sp³-hybridized carbons (Fsp3) is 0.0417. The molecule has 8 aromatic carbocycles. The van der Waals surface area contributed by atoms with Crippen molar-refractivity contribution in [2.24, 2.45) is 0 Å². The van der Waals surface area contributed by atoms with E-state index in [0.717, 1.165) is 22.7 Å². The van der Waals surface area contributed by atoms with Gasteiger partial charge in [0.15, 0.2) is 0 Å². The number of nitrogens with zero attached hydrogens (tertiary/aromatic N) is 2. The van der Waals surface area contributed by atoms with Gasteiger partial charge in [-0.25, -0.2) is 0 Å². The predicted octanol–water partition coefficient (Wildman–Crippen LogP) is 12.7. The third-order valence-corrected chi connectivity index (χ3v) is 10.8. The van der Waals surface area contributed by atoms with Crippen LogP contribution in [0.1, 0.15) is 23.6 Å². The van der Waals surface area contributed by atoms with Crippen molar-refractivity contribution in [1.82, 2.24) is 4.57 Å². The van der Waals surface area contributed by atoms with Crippen molar-refractivity contribution in [2.45, 2.75) is 12.3 Å². The second kappa shape index (κ2) is 11.1. The Morgan fingerprint density at radius 1 is 0.420 bits per heavy atom. The molecular weight excluding hydrogens is 605 g/mol. The maximum absolute atomic E-state index is 2.46. The first-order valence-corrected chi connectivity index (χ1v) is 17.4. The summed E-state index contributed by atoms with van der Waals surface area (Å²) >= 11 is 0. The largest absolute Gasteiger partial charge is 0.310 e. The molecule has 236 valence electrons. The Labute approximate surface area is 292 Å². The average molecular weight is 639 g/mol. The SMILES string of the molecule is CC1(c2ccc3c(c2)c2cc(N(c4ccccc4)c4ccc5ccccc5c4)ccc2n3-c2ccccc2)c2ccccc2-c2ccccc21. The third kappa shape index (κ3) is 4.22. The van der Waals surface area contributed by atoms with Crippen LogP contribution < -0.4 is 4.90 Å². The summed E-state index contributed by atoms with van der Waals surface area (Å²) in [6.45, 7) is 2.40. The zero-order valence-corrected chi connectivity index (χ0v) is 27.8. The molecule has 0 unspecified atom stereocenters. The van der Waals surface area contributed by atoms with Crippen LogP contribution >= 0.6 is 0 Å². The lowest BCUT2D eigenvalue weighted by Gasteiger charge is -2.28. The molecule has 1 aromatic heterocycles. The highest BCUT2D eigenvalue weighted by atomic mass is 15.1. The molecule has 9 aromatic rings. The van der Waals surface area contributed by atoms with Crippen LogP contribution in [0.2, 0.25) is 0 Å². The summed E-state index contributed by atoms with van der Waals surface area (Å²) in [5, 5.41) is 4.94. The summed E-state index contributed by atoms with van der Waals surface area (Å²) in [7, 11) is 0. The van der Waals surface area contributed by atoms with E-state index in [9.17, 15) is 0 Å². The van der Waals surface area contributed by atoms with Gasteiger partial charge in [-0.2, -0.15) is 0 Å². The summed E-state index contributed by atoms with van der Waals surface area (Å²) in [6, 6.07) is 68.8. The fourth-order valence-electron chi connectivity index (χ4n) is 8.42. The van der Waals surface area contributed by atoms with Crippen LogP contribution in [0, 0.1) is 0 Å². The maximum atomic E-state index is 2.46. The van der Waals surface area contributed by atoms with Gasteiger partial charge in [-0.15, -0.1) is 0 Å². The minimum atomic E-state index is -0.276. The van der Waals surface area contributed by atoms with Crippen LogP contribution in [0.3, 0.4) is 0 Å². The Kier molecular flexibility index (Phi) is 6.34. The van der Waals surface area contributed by atoms with Crippen LogP contribution in [-0.2, 0) is 5.41 Å². The van der Waals surface area contributed by atoms with E-state index in [-0.39, 0.29) is 5.41 Å². The van der Waals surface area contributed by atoms with Crippen molar-refractivity contribution < 1.29 is 0 Å². The van der Waals surface area contributed by atoms with Gasteiger partial charge < -0.3 is 9.47 Å². The van der Waals surface area contributed by atoms with E-state index >= 15 is 0 Å². The van der Waals surface area contributed by atoms with E-state index in [0.29, 0.717) is 0 Å². The minimum Gasteiger partial charge on any atom is -0.310 e. The quantitative estimate of drug-likeness (QED) is 0.182. The molecule has 50 heavy (non-hydrogen) atoms. The van der Waals surface area contributed by atoms with E-state index in [1.807, 2.05) is 0 Å². The zero-order valence-electron chi connectivity index (χ0n) is 27.8. The molecule has 0 amide bonds. The molecule has 0 fully saturated rings. The summed E-state index contributed by atoms with van der Waals surface area (Å²) in [6.07, 6.45) is 0. The van der Waals surface area contributed by atoms with Crippen molar-refractivity contribution in [2.75, 3.05) is 4.90 Å². The first-order valence-electron chi connectivity index (χ1n) is 17.4. The maximum Gasteiger partial charge on any atom is 0.0542 e. The van der Waals surface area contributed by atoms with Crippen LogP contribution in [0.5, 0.6) is 0 Å². The van der Waals surface area contributed by atoms with Crippen molar-refractivity contribution in [1.29, 1.82) is 0 Å². The van der Waals surface area contributed by atoms with Gasteiger partial charge in [0.05, 0.1) is 11.0 Å². The number of anilines is 3. The van der Waals surface area contributed by atoms with Gasteiger partial charge in [-0.1, -0.05) is 121 Å². The zero-order chi connectivity index (χ0) is 33.2. The normalized spacial score (nSPS) is 13.1. The molecule has 2 heteroatoms. The monoisotopic (exact) mass is 638 g/mol. The van der Waals surface area contributed by atoms with E-state index < -0.39 is 0 Å². The van der Waals surface area contributed by atoms with Gasteiger partial charge in [0.2, 0.25) is 0 Å². The highest BCUT2D eigenvalue weighted by molar-refractivity contribution is 6.11. The number of hydrogen-bond donors (Lipinski definition) is 0. The molecule has 1 aliphatic rings. The lowest BCUT2D eigenvalue weighted by molar-refractivity contribution is 0.715. The van der Waals surface area contributed by atoms with Crippen molar-refractivity contribution in [3.8, 4) is 16.8 Å². The topological polar surface area (TPSA) is 8.17 Å². The average Bonchev–Trinajstić information content (AvgIpc) is 3.65. The number of fused-ring (bicyclic) bond motifs is 7. The minimum absolute atomic E-state index is 0.276. The van der Waals surface area contributed by atoms with Crippen LogP contribution in [-0.4, -0.2) is 4.57 Å². The van der Waals surface area contributed by atoms with Gasteiger partial charge in [0.1, 0.15) is 0 Å². The van der Waals surface area contributed by atoms with Crippen molar-refractivity contribution in [3.05, 3.63) is 205 Å². The lowest BCUT2D eigenvalue weighted by atomic mass is 9.74. The first kappa shape index (κ1) is 28.6. The number of rotatable bonds is 5. The molecule has 1 aliphatic carbocycles. The molecule has 0 saturated carbocycles. The molecule has 1 heterocycles. The standard InChI is InChI=1S/C48H34N2/c1-48(44-22-12-10-20-40(44)41-21-11-13-23-45(41)48)35-25-28-46-42(31-35)43-32-39(27-29-47(43)50(46)37-18-6-3-7-19-37)49(36-16-4-2-5-17-36)38-26-24-33-14-8-9-15-34(33)30-38/h2-32H,1H3. The van der Waals surface area contributed by atoms with Crippen LogP contribution in [0.4, 0.5) is 17.1 Å². The van der Waals surface area contributed by atoms with Gasteiger partial charge in [0.25, 0.3) is 0 Å². The van der Waals surface area contributed by atoms with Gasteiger partial charge in [-0.3, -0.25) is 0 Å². The fourth-order valence-corrected chi connectivity index (χ4v) is 8.42. The molecule has 0 atom stereocenters. The highest BCUT2D eigenvalue weighted by Gasteiger charge is 2.40. The van der Waals surface area contributed by atoms with E-state index in [2.05, 4.69) is 204 Å². The Morgan fingerprint density at radius 2 is 0.960 bits per heavy atom. The van der Waals surface area contributed by atoms with Gasteiger partial charge in [0, 0.05) is 38.9 Å². The Bertz CT molecular complexity index is 2680. The second-order valence-electron chi connectivity index (χ2n) is 13.5. The summed E-state index contributed by atoms with van der Waals surface area (Å²) < 4.78 is 2.42. The summed E-state index contributed by atoms with van der Waals surface area (Å²) in [5.74, 6) is 0. The third-order valence-electron chi connectivity index (χ3n) is 10.8. The molecule has 10 rings (SSSR count). The van der Waals surface area contributed by atoms with Crippen molar-refractivity contribution >= 4 is 49.6 Å². The summed E-state index contributed by atoms with van der Waals surface area (Å²) in [4.78, 5) is 2.38. The number of benzene rings is 8. The molecule has 0 spiro atoms. The predicted molar refractivity (Wildman–Crippen MR) is 210 cm³/mol. The second-order valence-corrected chi connectivity index (χ2v) is 13.5. The molecular formula is C48H34N2. The Morgan fingerprint density at radius 3 is 1.68 bits per heavy atom. The number of aromatic nitrogens is 1. The molecule has 0 bridgehead atoms.